The first-order chi connectivity index (χ1) is 8.06. The van der Waals surface area contributed by atoms with Gasteiger partial charge in [-0.3, -0.25) is 4.79 Å². The summed E-state index contributed by atoms with van der Waals surface area (Å²) >= 11 is 0. The van der Waals surface area contributed by atoms with Crippen molar-refractivity contribution in [3.63, 3.8) is 0 Å². The van der Waals surface area contributed by atoms with E-state index in [9.17, 15) is 9.18 Å². The molecule has 1 aromatic rings. The molecular formula is C13H14FNO2. The van der Waals surface area contributed by atoms with E-state index in [1.807, 2.05) is 0 Å². The summed E-state index contributed by atoms with van der Waals surface area (Å²) in [5.41, 5.74) is 0.566. The number of nitrogens with zero attached hydrogens (tertiary/aromatic N) is 1. The third kappa shape index (κ3) is 3.58. The van der Waals surface area contributed by atoms with E-state index in [0.29, 0.717) is 12.0 Å². The van der Waals surface area contributed by atoms with Gasteiger partial charge in [0.2, 0.25) is 0 Å². The first kappa shape index (κ1) is 13.2. The Kier molecular flexibility index (Phi) is 4.68. The highest BCUT2D eigenvalue weighted by atomic mass is 19.1. The molecule has 0 aromatic heterocycles. The molecule has 0 spiro atoms. The summed E-state index contributed by atoms with van der Waals surface area (Å²) in [5.74, 6) is 4.52. The molecule has 1 aromatic carbocycles. The highest BCUT2D eigenvalue weighted by molar-refractivity contribution is 5.94. The van der Waals surface area contributed by atoms with Gasteiger partial charge in [0.05, 0.1) is 12.2 Å². The van der Waals surface area contributed by atoms with E-state index in [0.717, 1.165) is 0 Å². The first-order valence-electron chi connectivity index (χ1n) is 5.17. The van der Waals surface area contributed by atoms with Crippen molar-refractivity contribution in [2.24, 2.45) is 0 Å². The third-order valence-corrected chi connectivity index (χ3v) is 2.07. The predicted molar refractivity (Wildman–Crippen MR) is 63.0 cm³/mol. The molecule has 0 bridgehead atoms. The highest BCUT2D eigenvalue weighted by Crippen LogP contribution is 2.11. The number of carbonyl (C=O) groups excluding carboxylic acids is 1. The van der Waals surface area contributed by atoms with Crippen LogP contribution in [0.3, 0.4) is 0 Å². The molecule has 0 fully saturated rings. The molecule has 4 heteroatoms. The van der Waals surface area contributed by atoms with E-state index in [1.54, 1.807) is 14.1 Å². The lowest BCUT2D eigenvalue weighted by Gasteiger charge is -2.10. The van der Waals surface area contributed by atoms with E-state index in [1.165, 1.54) is 23.1 Å². The molecule has 1 rings (SSSR count). The van der Waals surface area contributed by atoms with E-state index >= 15 is 0 Å². The number of rotatable bonds is 2. The smallest absolute Gasteiger partial charge is 0.256 e. The molecule has 0 unspecified atom stereocenters. The van der Waals surface area contributed by atoms with Crippen molar-refractivity contribution >= 4 is 5.91 Å². The summed E-state index contributed by atoms with van der Waals surface area (Å²) in [7, 11) is 3.12. The van der Waals surface area contributed by atoms with Crippen molar-refractivity contribution in [1.82, 2.24) is 4.90 Å². The molecule has 90 valence electrons. The van der Waals surface area contributed by atoms with Crippen molar-refractivity contribution in [2.45, 2.75) is 6.42 Å². The third-order valence-electron chi connectivity index (χ3n) is 2.07. The second-order valence-electron chi connectivity index (χ2n) is 3.67. The van der Waals surface area contributed by atoms with Gasteiger partial charge >= 0.3 is 0 Å². The van der Waals surface area contributed by atoms with Crippen LogP contribution in [-0.4, -0.2) is 36.6 Å². The quantitative estimate of drug-likeness (QED) is 0.784. The lowest BCUT2D eigenvalue weighted by atomic mass is 10.1. The summed E-state index contributed by atoms with van der Waals surface area (Å²) in [5, 5.41) is 8.58. The van der Waals surface area contributed by atoms with Gasteiger partial charge in [-0.1, -0.05) is 11.8 Å². The van der Waals surface area contributed by atoms with Gasteiger partial charge in [0.15, 0.2) is 0 Å². The number of aliphatic hydroxyl groups excluding tert-OH is 1. The molecule has 0 heterocycles. The monoisotopic (exact) mass is 235 g/mol. The summed E-state index contributed by atoms with van der Waals surface area (Å²) < 4.78 is 13.4. The Morgan fingerprint density at radius 3 is 2.76 bits per heavy atom. The van der Waals surface area contributed by atoms with Crippen molar-refractivity contribution in [3.05, 3.63) is 35.1 Å². The maximum Gasteiger partial charge on any atom is 0.256 e. The second-order valence-corrected chi connectivity index (χ2v) is 3.67. The summed E-state index contributed by atoms with van der Waals surface area (Å²) in [6, 6.07) is 4.15. The molecule has 1 N–H and O–H groups in total. The number of hydrogen-bond acceptors (Lipinski definition) is 2. The van der Waals surface area contributed by atoms with Gasteiger partial charge in [-0.15, -0.1) is 0 Å². The van der Waals surface area contributed by atoms with E-state index in [2.05, 4.69) is 11.8 Å². The Bertz CT molecular complexity index is 472. The fraction of sp³-hybridized carbons (Fsp3) is 0.308. The Balaban J connectivity index is 3.04. The molecule has 0 aliphatic carbocycles. The first-order valence-corrected chi connectivity index (χ1v) is 5.17. The summed E-state index contributed by atoms with van der Waals surface area (Å²) in [6.07, 6.45) is 0.355. The van der Waals surface area contributed by atoms with Crippen molar-refractivity contribution in [3.8, 4) is 11.8 Å². The van der Waals surface area contributed by atoms with E-state index in [-0.39, 0.29) is 12.2 Å². The van der Waals surface area contributed by atoms with Crippen molar-refractivity contribution < 1.29 is 14.3 Å². The van der Waals surface area contributed by atoms with Gasteiger partial charge in [-0.2, -0.15) is 0 Å². The van der Waals surface area contributed by atoms with E-state index in [4.69, 9.17) is 5.11 Å². The topological polar surface area (TPSA) is 40.5 Å². The zero-order chi connectivity index (χ0) is 12.8. The number of benzene rings is 1. The molecule has 0 aliphatic rings. The van der Waals surface area contributed by atoms with Gasteiger partial charge < -0.3 is 10.0 Å². The van der Waals surface area contributed by atoms with Crippen LogP contribution in [0.1, 0.15) is 22.3 Å². The molecule has 17 heavy (non-hydrogen) atoms. The molecule has 0 radical (unpaired) electrons. The van der Waals surface area contributed by atoms with Gasteiger partial charge in [0.25, 0.3) is 5.91 Å². The molecule has 0 saturated carbocycles. The maximum absolute atomic E-state index is 13.4. The maximum atomic E-state index is 13.4. The van der Waals surface area contributed by atoms with Crippen LogP contribution in [0.4, 0.5) is 4.39 Å². The van der Waals surface area contributed by atoms with Gasteiger partial charge in [0.1, 0.15) is 5.82 Å². The number of carbonyl (C=O) groups is 1. The van der Waals surface area contributed by atoms with Crippen LogP contribution in [0.2, 0.25) is 0 Å². The fourth-order valence-electron chi connectivity index (χ4n) is 1.23. The zero-order valence-corrected chi connectivity index (χ0v) is 9.83. The highest BCUT2D eigenvalue weighted by Gasteiger charge is 2.13. The van der Waals surface area contributed by atoms with Crippen LogP contribution >= 0.6 is 0 Å². The summed E-state index contributed by atoms with van der Waals surface area (Å²) in [4.78, 5) is 13.0. The van der Waals surface area contributed by atoms with Crippen LogP contribution in [0.15, 0.2) is 18.2 Å². The normalized spacial score (nSPS) is 9.41. The minimum absolute atomic E-state index is 0.00537. The lowest BCUT2D eigenvalue weighted by Crippen LogP contribution is -2.22. The molecule has 0 saturated heterocycles. The second kappa shape index (κ2) is 6.02. The van der Waals surface area contributed by atoms with Gasteiger partial charge in [0, 0.05) is 26.1 Å². The molecule has 1 amide bonds. The Hall–Kier alpha value is -1.86. The minimum atomic E-state index is -0.559. The molecule has 0 aliphatic heterocycles. The van der Waals surface area contributed by atoms with E-state index < -0.39 is 11.7 Å². The largest absolute Gasteiger partial charge is 0.395 e. The van der Waals surface area contributed by atoms with Crippen LogP contribution in [-0.2, 0) is 0 Å². The SMILES string of the molecule is CN(C)C(=O)c1cc(C#CCCO)ccc1F. The fourth-order valence-corrected chi connectivity index (χ4v) is 1.23. The number of halogens is 1. The number of hydrogen-bond donors (Lipinski definition) is 1. The Morgan fingerprint density at radius 1 is 1.47 bits per heavy atom. The standard InChI is InChI=1S/C13H14FNO2/c1-15(2)13(17)11-9-10(5-3-4-8-16)6-7-12(11)14/h6-7,9,16H,4,8H2,1-2H3. The summed E-state index contributed by atoms with van der Waals surface area (Å²) in [6.45, 7) is -0.0162. The van der Waals surface area contributed by atoms with Crippen LogP contribution in [0.5, 0.6) is 0 Å². The average molecular weight is 235 g/mol. The minimum Gasteiger partial charge on any atom is -0.395 e. The van der Waals surface area contributed by atoms with Crippen LogP contribution < -0.4 is 0 Å². The van der Waals surface area contributed by atoms with Crippen molar-refractivity contribution in [1.29, 1.82) is 0 Å². The van der Waals surface area contributed by atoms with Gasteiger partial charge in [-0.05, 0) is 18.2 Å². The number of aliphatic hydroxyl groups is 1. The average Bonchev–Trinajstić information content (AvgIpc) is 2.30. The van der Waals surface area contributed by atoms with Crippen LogP contribution in [0, 0.1) is 17.7 Å². The predicted octanol–water partition coefficient (Wildman–Crippen LogP) is 1.26. The Labute approximate surface area is 99.9 Å². The molecular weight excluding hydrogens is 221 g/mol. The molecule has 0 atom stereocenters. The van der Waals surface area contributed by atoms with Crippen LogP contribution in [0.25, 0.3) is 0 Å². The number of amides is 1. The lowest BCUT2D eigenvalue weighted by molar-refractivity contribution is 0.0823. The zero-order valence-electron chi connectivity index (χ0n) is 9.83. The van der Waals surface area contributed by atoms with Crippen molar-refractivity contribution in [2.75, 3.05) is 20.7 Å². The Morgan fingerprint density at radius 2 is 2.18 bits per heavy atom. The molecule has 3 nitrogen and oxygen atoms in total. The van der Waals surface area contributed by atoms with Gasteiger partial charge in [-0.25, -0.2) is 4.39 Å².